The Morgan fingerprint density at radius 3 is 2.56 bits per heavy atom. The van der Waals surface area contributed by atoms with Crippen LogP contribution in [0.15, 0.2) is 23.3 Å². The number of hydrogen-bond donors (Lipinski definition) is 3. The monoisotopic (exact) mass is 348 g/mol. The first-order valence-electron chi connectivity index (χ1n) is 8.46. The van der Waals surface area contributed by atoms with Crippen LogP contribution in [-0.4, -0.2) is 16.1 Å². The van der Waals surface area contributed by atoms with E-state index in [1.54, 1.807) is 0 Å². The molecule has 2 aliphatic carbocycles. The minimum atomic E-state index is -0.591. The summed E-state index contributed by atoms with van der Waals surface area (Å²) in [6.45, 7) is 6.83. The van der Waals surface area contributed by atoms with E-state index in [0.29, 0.717) is 11.6 Å². The third kappa shape index (κ3) is 2.85. The van der Waals surface area contributed by atoms with Crippen LogP contribution in [0.2, 0.25) is 0 Å². The molecular weight excluding hydrogens is 324 g/mol. The molecule has 8 nitrogen and oxygen atoms in total. The highest BCUT2D eigenvalue weighted by Crippen LogP contribution is 2.61. The lowest BCUT2D eigenvalue weighted by atomic mass is 9.58. The van der Waals surface area contributed by atoms with Crippen molar-refractivity contribution in [3.05, 3.63) is 28.6 Å². The molecule has 3 rings (SSSR count). The maximum absolute atomic E-state index is 10.9. The van der Waals surface area contributed by atoms with Crippen molar-refractivity contribution in [1.29, 1.82) is 0 Å². The smallest absolute Gasteiger partial charge is 0.121 e. The Bertz CT molecular complexity index is 689. The van der Waals surface area contributed by atoms with E-state index in [0.717, 1.165) is 31.0 Å². The standard InChI is InChI=1S/C17H24N4O4/c1-16(2)11-4-7-15(17(16,3)9-8-11)19-18-13-6-5-12(20(22)23)10-14(13)21(24)25/h5-6,10-11,18,24-25H,4,7-9H2,1-3H3/q-2/t11-,17-/m1/s1. The number of benzene rings is 1. The second-order valence-corrected chi connectivity index (χ2v) is 7.75. The second-order valence-electron chi connectivity index (χ2n) is 7.75. The predicted molar refractivity (Wildman–Crippen MR) is 96.6 cm³/mol. The molecule has 0 amide bonds. The van der Waals surface area contributed by atoms with E-state index in [1.165, 1.54) is 18.6 Å². The topological polar surface area (TPSA) is 117 Å². The Morgan fingerprint density at radius 2 is 1.92 bits per heavy atom. The van der Waals surface area contributed by atoms with Crippen molar-refractivity contribution >= 4 is 22.8 Å². The van der Waals surface area contributed by atoms with Crippen LogP contribution in [0.4, 0.5) is 17.1 Å². The van der Waals surface area contributed by atoms with Crippen LogP contribution >= 0.6 is 0 Å². The third-order valence-electron chi connectivity index (χ3n) is 6.52. The van der Waals surface area contributed by atoms with Gasteiger partial charge in [0.2, 0.25) is 0 Å². The number of hydrazone groups is 1. The summed E-state index contributed by atoms with van der Waals surface area (Å²) in [5.74, 6) is 0.705. The van der Waals surface area contributed by atoms with Gasteiger partial charge >= 0.3 is 0 Å². The lowest BCUT2D eigenvalue weighted by molar-refractivity contribution is 0.0295. The molecule has 25 heavy (non-hydrogen) atoms. The van der Waals surface area contributed by atoms with Crippen LogP contribution in [0.25, 0.3) is 0 Å². The molecule has 1 aromatic rings. The van der Waals surface area contributed by atoms with E-state index >= 15 is 0 Å². The largest absolute Gasteiger partial charge is 0.769 e. The molecule has 3 N–H and O–H groups in total. The van der Waals surface area contributed by atoms with Gasteiger partial charge in [-0.1, -0.05) is 20.8 Å². The van der Waals surface area contributed by atoms with Gasteiger partial charge in [-0.25, -0.2) is 0 Å². The minimum absolute atomic E-state index is 0.00196. The average molecular weight is 348 g/mol. The highest BCUT2D eigenvalue weighted by atomic mass is 16.8. The summed E-state index contributed by atoms with van der Waals surface area (Å²) in [5.41, 5.74) is 4.06. The van der Waals surface area contributed by atoms with Gasteiger partial charge in [-0.05, 0) is 55.2 Å². The first kappa shape index (κ1) is 17.9. The molecule has 0 aliphatic heterocycles. The van der Waals surface area contributed by atoms with Gasteiger partial charge in [0.05, 0.1) is 5.69 Å². The zero-order chi connectivity index (χ0) is 18.4. The van der Waals surface area contributed by atoms with E-state index in [-0.39, 0.29) is 27.4 Å². The lowest BCUT2D eigenvalue weighted by Crippen LogP contribution is -2.44. The zero-order valence-electron chi connectivity index (χ0n) is 14.7. The Kier molecular flexibility index (Phi) is 4.40. The molecule has 8 heteroatoms. The van der Waals surface area contributed by atoms with Crippen molar-refractivity contribution in [1.82, 2.24) is 0 Å². The number of hydrogen-bond acceptors (Lipinski definition) is 8. The van der Waals surface area contributed by atoms with E-state index in [2.05, 4.69) is 31.3 Å². The van der Waals surface area contributed by atoms with Crippen molar-refractivity contribution in [3.8, 4) is 0 Å². The van der Waals surface area contributed by atoms with Crippen molar-refractivity contribution in [2.45, 2.75) is 46.5 Å². The summed E-state index contributed by atoms with van der Waals surface area (Å²) in [6.07, 6.45) is 4.29. The van der Waals surface area contributed by atoms with Crippen LogP contribution in [-0.2, 0) is 0 Å². The highest BCUT2D eigenvalue weighted by Gasteiger charge is 2.56. The van der Waals surface area contributed by atoms with Crippen LogP contribution in [0.1, 0.15) is 46.5 Å². The van der Waals surface area contributed by atoms with Gasteiger partial charge in [-0.2, -0.15) is 5.10 Å². The van der Waals surface area contributed by atoms with Gasteiger partial charge in [0, 0.05) is 16.8 Å². The van der Waals surface area contributed by atoms with Gasteiger partial charge in [0.25, 0.3) is 0 Å². The fourth-order valence-corrected chi connectivity index (χ4v) is 4.41. The minimum Gasteiger partial charge on any atom is -0.769 e. The van der Waals surface area contributed by atoms with Gasteiger partial charge in [-0.15, -0.1) is 5.23 Å². The van der Waals surface area contributed by atoms with E-state index < -0.39 is 5.23 Å². The van der Waals surface area contributed by atoms with Gasteiger partial charge < -0.3 is 15.6 Å². The number of nitrogens with one attached hydrogen (secondary N) is 1. The van der Waals surface area contributed by atoms with Crippen molar-refractivity contribution in [3.63, 3.8) is 0 Å². The normalized spacial score (nSPS) is 28.9. The quantitative estimate of drug-likeness (QED) is 0.702. The predicted octanol–water partition coefficient (Wildman–Crippen LogP) is 4.08. The van der Waals surface area contributed by atoms with Crippen LogP contribution in [0.3, 0.4) is 0 Å². The molecule has 0 radical (unpaired) electrons. The van der Waals surface area contributed by atoms with E-state index in [9.17, 15) is 20.8 Å². The molecule has 0 spiro atoms. The number of fused-ring (bicyclic) bond motifs is 2. The molecule has 2 aliphatic rings. The molecule has 0 saturated heterocycles. The lowest BCUT2D eigenvalue weighted by Gasteiger charge is -2.46. The van der Waals surface area contributed by atoms with E-state index in [1.807, 2.05) is 0 Å². The molecule has 0 aromatic heterocycles. The van der Waals surface area contributed by atoms with Crippen LogP contribution < -0.4 is 15.9 Å². The molecule has 0 unspecified atom stereocenters. The summed E-state index contributed by atoms with van der Waals surface area (Å²) in [5, 5.41) is 44.3. The molecule has 138 valence electrons. The summed E-state index contributed by atoms with van der Waals surface area (Å²) in [7, 11) is 0. The Hall–Kier alpha value is -1.87. The zero-order valence-corrected chi connectivity index (χ0v) is 14.7. The molecule has 2 bridgehead atoms. The fraction of sp³-hybridized carbons (Fsp3) is 0.588. The van der Waals surface area contributed by atoms with Crippen LogP contribution in [0, 0.1) is 27.2 Å². The molecule has 2 atom stereocenters. The molecule has 2 saturated carbocycles. The van der Waals surface area contributed by atoms with Gasteiger partial charge in [0.1, 0.15) is 5.69 Å². The van der Waals surface area contributed by atoms with Gasteiger partial charge in [-0.3, -0.25) is 15.8 Å². The fourth-order valence-electron chi connectivity index (χ4n) is 4.41. The summed E-state index contributed by atoms with van der Waals surface area (Å²) in [4.78, 5) is 0. The Balaban J connectivity index is 1.89. The summed E-state index contributed by atoms with van der Waals surface area (Å²) in [6, 6.07) is 3.80. The van der Waals surface area contributed by atoms with Crippen molar-refractivity contribution in [2.24, 2.45) is 21.8 Å². The number of rotatable bonds is 4. The molecule has 1 aromatic carbocycles. The van der Waals surface area contributed by atoms with E-state index in [4.69, 9.17) is 0 Å². The van der Waals surface area contributed by atoms with Gasteiger partial charge in [0.15, 0.2) is 0 Å². The Morgan fingerprint density at radius 1 is 1.20 bits per heavy atom. The maximum atomic E-state index is 10.9. The second kappa shape index (κ2) is 6.14. The maximum Gasteiger partial charge on any atom is 0.121 e. The number of nitrogens with zero attached hydrogens (tertiary/aromatic N) is 3. The average Bonchev–Trinajstić information content (AvgIpc) is 2.69. The molecular formula is C17H24N4O4-2. The molecule has 0 heterocycles. The first-order chi connectivity index (χ1) is 11.7. The third-order valence-corrected chi connectivity index (χ3v) is 6.52. The summed E-state index contributed by atoms with van der Waals surface area (Å²) >= 11 is 0. The number of anilines is 3. The summed E-state index contributed by atoms with van der Waals surface area (Å²) < 4.78 is 0. The molecule has 2 fully saturated rings. The van der Waals surface area contributed by atoms with Crippen molar-refractivity contribution in [2.75, 3.05) is 15.9 Å². The first-order valence-corrected chi connectivity index (χ1v) is 8.46. The highest BCUT2D eigenvalue weighted by molar-refractivity contribution is 5.93. The van der Waals surface area contributed by atoms with Crippen LogP contribution in [0.5, 0.6) is 0 Å². The SMILES string of the molecule is CC1(C)[C@@H]2CCC(=NNc3ccc(N([O-])[O-])cc3N(O)O)[C@@]1(C)CC2. The van der Waals surface area contributed by atoms with Crippen molar-refractivity contribution < 1.29 is 10.4 Å². The Labute approximate surface area is 146 Å².